The van der Waals surface area contributed by atoms with Crippen LogP contribution in [0.5, 0.6) is 5.75 Å². The number of rotatable bonds is 13. The average molecular weight is 525 g/mol. The Labute approximate surface area is 223 Å². The number of nitrogens with zero attached hydrogens (tertiary/aromatic N) is 1. The van der Waals surface area contributed by atoms with Crippen LogP contribution in [0.1, 0.15) is 30.9 Å². The standard InChI is InChI=1S/C29H33ClN2O3S/c1-3-31-29(34)27(20-22-9-5-4-6-10-22)32(21-23-11-7-12-25(19-23)35-2)28(33)13-8-18-36-26-16-14-24(30)15-17-26/h4-7,9-12,14-17,19,27H,3,8,13,18,20-21H2,1-2H3,(H,31,34)/t27-/m0/s1. The van der Waals surface area contributed by atoms with Gasteiger partial charge < -0.3 is 15.0 Å². The number of methoxy groups -OCH3 is 1. The molecule has 0 bridgehead atoms. The molecule has 36 heavy (non-hydrogen) atoms. The normalized spacial score (nSPS) is 11.5. The van der Waals surface area contributed by atoms with E-state index in [0.29, 0.717) is 37.4 Å². The number of hydrogen-bond donors (Lipinski definition) is 1. The Morgan fingerprint density at radius 2 is 1.72 bits per heavy atom. The van der Waals surface area contributed by atoms with Crippen LogP contribution < -0.4 is 10.1 Å². The Bertz CT molecular complexity index is 1110. The maximum absolute atomic E-state index is 13.6. The van der Waals surface area contributed by atoms with E-state index >= 15 is 0 Å². The predicted octanol–water partition coefficient (Wildman–Crippen LogP) is 6.00. The van der Waals surface area contributed by atoms with E-state index in [1.165, 1.54) is 0 Å². The largest absolute Gasteiger partial charge is 0.497 e. The van der Waals surface area contributed by atoms with Crippen LogP contribution in [0.25, 0.3) is 0 Å². The number of nitrogens with one attached hydrogen (secondary N) is 1. The number of carbonyl (C=O) groups excluding carboxylic acids is 2. The first-order chi connectivity index (χ1) is 17.5. The summed E-state index contributed by atoms with van der Waals surface area (Å²) in [5.41, 5.74) is 1.93. The van der Waals surface area contributed by atoms with Crippen molar-refractivity contribution in [1.29, 1.82) is 0 Å². The smallest absolute Gasteiger partial charge is 0.243 e. The van der Waals surface area contributed by atoms with Crippen molar-refractivity contribution in [3.05, 3.63) is 95.0 Å². The van der Waals surface area contributed by atoms with Gasteiger partial charge in [0.15, 0.2) is 0 Å². The lowest BCUT2D eigenvalue weighted by Gasteiger charge is -2.31. The van der Waals surface area contributed by atoms with Crippen molar-refractivity contribution in [1.82, 2.24) is 10.2 Å². The highest BCUT2D eigenvalue weighted by atomic mass is 35.5. The molecule has 190 valence electrons. The van der Waals surface area contributed by atoms with Crippen molar-refractivity contribution in [2.75, 3.05) is 19.4 Å². The number of ether oxygens (including phenoxy) is 1. The third-order valence-electron chi connectivity index (χ3n) is 5.73. The molecule has 0 radical (unpaired) electrons. The lowest BCUT2D eigenvalue weighted by molar-refractivity contribution is -0.141. The van der Waals surface area contributed by atoms with Crippen LogP contribution in [-0.4, -0.2) is 42.2 Å². The topological polar surface area (TPSA) is 58.6 Å². The first kappa shape index (κ1) is 27.6. The zero-order valence-electron chi connectivity index (χ0n) is 20.8. The molecule has 0 aliphatic heterocycles. The minimum absolute atomic E-state index is 0.0401. The average Bonchev–Trinajstić information content (AvgIpc) is 2.90. The second kappa shape index (κ2) is 14.6. The van der Waals surface area contributed by atoms with Gasteiger partial charge in [-0.05, 0) is 66.6 Å². The van der Waals surface area contributed by atoms with E-state index in [-0.39, 0.29) is 11.8 Å². The lowest BCUT2D eigenvalue weighted by atomic mass is 10.0. The summed E-state index contributed by atoms with van der Waals surface area (Å²) in [4.78, 5) is 29.6. The molecular weight excluding hydrogens is 492 g/mol. The first-order valence-electron chi connectivity index (χ1n) is 12.1. The summed E-state index contributed by atoms with van der Waals surface area (Å²) in [6.45, 7) is 2.72. The number of thioether (sulfide) groups is 1. The van der Waals surface area contributed by atoms with Crippen molar-refractivity contribution in [2.45, 2.75) is 43.7 Å². The fourth-order valence-electron chi connectivity index (χ4n) is 3.90. The van der Waals surface area contributed by atoms with Crippen LogP contribution in [0.3, 0.4) is 0 Å². The van der Waals surface area contributed by atoms with Gasteiger partial charge in [0.2, 0.25) is 11.8 Å². The number of amides is 2. The molecule has 0 unspecified atom stereocenters. The van der Waals surface area contributed by atoms with Crippen LogP contribution in [0.15, 0.2) is 83.8 Å². The fourth-order valence-corrected chi connectivity index (χ4v) is 4.88. The second-order valence-electron chi connectivity index (χ2n) is 8.38. The van der Waals surface area contributed by atoms with Gasteiger partial charge in [0.1, 0.15) is 11.8 Å². The van der Waals surface area contributed by atoms with Gasteiger partial charge in [0.25, 0.3) is 0 Å². The Balaban J connectivity index is 1.77. The van der Waals surface area contributed by atoms with Gasteiger partial charge in [-0.2, -0.15) is 0 Å². The Morgan fingerprint density at radius 1 is 1.00 bits per heavy atom. The van der Waals surface area contributed by atoms with Crippen LogP contribution in [0.2, 0.25) is 5.02 Å². The van der Waals surface area contributed by atoms with Crippen molar-refractivity contribution < 1.29 is 14.3 Å². The maximum atomic E-state index is 13.6. The molecule has 3 rings (SSSR count). The van der Waals surface area contributed by atoms with Gasteiger partial charge in [-0.1, -0.05) is 54.1 Å². The summed E-state index contributed by atoms with van der Waals surface area (Å²) in [6.07, 6.45) is 1.51. The molecule has 1 N–H and O–H groups in total. The third kappa shape index (κ3) is 8.61. The van der Waals surface area contributed by atoms with Crippen molar-refractivity contribution in [3.63, 3.8) is 0 Å². The summed E-state index contributed by atoms with van der Waals surface area (Å²) >= 11 is 7.66. The maximum Gasteiger partial charge on any atom is 0.243 e. The van der Waals surface area contributed by atoms with Gasteiger partial charge in [-0.15, -0.1) is 11.8 Å². The van der Waals surface area contributed by atoms with E-state index in [9.17, 15) is 9.59 Å². The van der Waals surface area contributed by atoms with Gasteiger partial charge in [-0.25, -0.2) is 0 Å². The summed E-state index contributed by atoms with van der Waals surface area (Å²) in [7, 11) is 1.62. The Kier molecular flexibility index (Phi) is 11.2. The number of carbonyl (C=O) groups is 2. The second-order valence-corrected chi connectivity index (χ2v) is 9.98. The van der Waals surface area contributed by atoms with Gasteiger partial charge in [0, 0.05) is 35.8 Å². The lowest BCUT2D eigenvalue weighted by Crippen LogP contribution is -2.50. The van der Waals surface area contributed by atoms with E-state index < -0.39 is 6.04 Å². The number of hydrogen-bond acceptors (Lipinski definition) is 4. The van der Waals surface area contributed by atoms with E-state index in [1.807, 2.05) is 85.8 Å². The van der Waals surface area contributed by atoms with Crippen molar-refractivity contribution >= 4 is 35.2 Å². The van der Waals surface area contributed by atoms with E-state index in [0.717, 1.165) is 27.5 Å². The van der Waals surface area contributed by atoms with Crippen molar-refractivity contribution in [3.8, 4) is 5.75 Å². The molecule has 7 heteroatoms. The highest BCUT2D eigenvalue weighted by Crippen LogP contribution is 2.23. The Morgan fingerprint density at radius 3 is 2.42 bits per heavy atom. The summed E-state index contributed by atoms with van der Waals surface area (Å²) in [6, 6.07) is 24.5. The molecular formula is C29H33ClN2O3S. The number of benzene rings is 3. The zero-order valence-corrected chi connectivity index (χ0v) is 22.4. The molecule has 5 nitrogen and oxygen atoms in total. The first-order valence-corrected chi connectivity index (χ1v) is 13.5. The van der Waals surface area contributed by atoms with Crippen molar-refractivity contribution in [2.24, 2.45) is 0 Å². The van der Waals surface area contributed by atoms with Gasteiger partial charge >= 0.3 is 0 Å². The molecule has 0 saturated heterocycles. The number of halogens is 1. The zero-order chi connectivity index (χ0) is 25.8. The number of likely N-dealkylation sites (N-methyl/N-ethyl adjacent to an activating group) is 1. The third-order valence-corrected chi connectivity index (χ3v) is 7.08. The highest BCUT2D eigenvalue weighted by molar-refractivity contribution is 7.99. The minimum Gasteiger partial charge on any atom is -0.497 e. The molecule has 2 amide bonds. The van der Waals surface area contributed by atoms with Crippen LogP contribution in [0.4, 0.5) is 0 Å². The minimum atomic E-state index is -0.616. The monoisotopic (exact) mass is 524 g/mol. The van der Waals surface area contributed by atoms with Crippen LogP contribution >= 0.6 is 23.4 Å². The molecule has 0 aromatic heterocycles. The van der Waals surface area contributed by atoms with Gasteiger partial charge in [-0.3, -0.25) is 9.59 Å². The summed E-state index contributed by atoms with van der Waals surface area (Å²) in [5, 5.41) is 3.64. The highest BCUT2D eigenvalue weighted by Gasteiger charge is 2.29. The fraction of sp³-hybridized carbons (Fsp3) is 0.310. The molecule has 3 aromatic carbocycles. The summed E-state index contributed by atoms with van der Waals surface area (Å²) < 4.78 is 5.37. The molecule has 0 fully saturated rings. The van der Waals surface area contributed by atoms with Crippen LogP contribution in [0, 0.1) is 0 Å². The molecule has 0 aliphatic rings. The quantitative estimate of drug-likeness (QED) is 0.220. The van der Waals surface area contributed by atoms with Gasteiger partial charge in [0.05, 0.1) is 7.11 Å². The van der Waals surface area contributed by atoms with E-state index in [4.69, 9.17) is 16.3 Å². The molecule has 0 heterocycles. The molecule has 1 atom stereocenters. The van der Waals surface area contributed by atoms with Crippen LogP contribution in [-0.2, 0) is 22.6 Å². The van der Waals surface area contributed by atoms with E-state index in [1.54, 1.807) is 23.8 Å². The molecule has 0 saturated carbocycles. The molecule has 0 spiro atoms. The summed E-state index contributed by atoms with van der Waals surface area (Å²) in [5.74, 6) is 1.33. The Hall–Kier alpha value is -2.96. The van der Waals surface area contributed by atoms with E-state index in [2.05, 4.69) is 5.32 Å². The molecule has 0 aliphatic carbocycles. The predicted molar refractivity (Wildman–Crippen MR) is 148 cm³/mol. The molecule has 3 aromatic rings. The SMILES string of the molecule is CCNC(=O)[C@H](Cc1ccccc1)N(Cc1cccc(OC)c1)C(=O)CCCSc1ccc(Cl)cc1.